The first-order valence-electron chi connectivity index (χ1n) is 6.14. The largest absolute Gasteiger partial charge is 0.348 e. The number of aryl methyl sites for hydroxylation is 1. The Labute approximate surface area is 114 Å². The highest BCUT2D eigenvalue weighted by molar-refractivity contribution is 6.99. The van der Waals surface area contributed by atoms with E-state index in [0.717, 1.165) is 29.9 Å². The van der Waals surface area contributed by atoms with Crippen molar-refractivity contribution < 1.29 is 4.79 Å². The fraction of sp³-hybridized carbons (Fsp3) is 0.545. The Morgan fingerprint density at radius 2 is 2.21 bits per heavy atom. The molecule has 19 heavy (non-hydrogen) atoms. The standard InChI is InChI=1S/C11H14N6OS/c1-6-9(15-19-14-6)5-17-7(2)10(13-16-17)11(18)12-8-3-4-8/h8H,3-5H2,1-2H3,(H,12,18). The molecular formula is C11H14N6OS. The third kappa shape index (κ3) is 2.48. The second kappa shape index (κ2) is 4.69. The van der Waals surface area contributed by atoms with Crippen LogP contribution < -0.4 is 5.32 Å². The van der Waals surface area contributed by atoms with E-state index in [1.54, 1.807) is 4.68 Å². The van der Waals surface area contributed by atoms with Gasteiger partial charge in [0.25, 0.3) is 5.91 Å². The fourth-order valence-corrected chi connectivity index (χ4v) is 2.29. The highest BCUT2D eigenvalue weighted by Crippen LogP contribution is 2.19. The van der Waals surface area contributed by atoms with Gasteiger partial charge in [-0.1, -0.05) is 5.21 Å². The summed E-state index contributed by atoms with van der Waals surface area (Å²) >= 11 is 1.18. The Kier molecular flexibility index (Phi) is 3.02. The third-order valence-electron chi connectivity index (χ3n) is 3.16. The van der Waals surface area contributed by atoms with Crippen molar-refractivity contribution >= 4 is 17.6 Å². The maximum absolute atomic E-state index is 11.9. The van der Waals surface area contributed by atoms with E-state index in [0.29, 0.717) is 18.3 Å². The van der Waals surface area contributed by atoms with Gasteiger partial charge in [-0.2, -0.15) is 8.75 Å². The number of hydrogen-bond donors (Lipinski definition) is 1. The molecule has 0 unspecified atom stereocenters. The summed E-state index contributed by atoms with van der Waals surface area (Å²) in [5, 5.41) is 10.9. The van der Waals surface area contributed by atoms with E-state index in [4.69, 9.17) is 0 Å². The minimum atomic E-state index is -0.139. The molecule has 3 rings (SSSR count). The van der Waals surface area contributed by atoms with Crippen molar-refractivity contribution in [3.05, 3.63) is 22.8 Å². The van der Waals surface area contributed by atoms with Crippen LogP contribution in [0.4, 0.5) is 0 Å². The lowest BCUT2D eigenvalue weighted by molar-refractivity contribution is 0.0945. The molecule has 0 saturated heterocycles. The summed E-state index contributed by atoms with van der Waals surface area (Å²) in [6, 6.07) is 0.321. The van der Waals surface area contributed by atoms with Gasteiger partial charge in [0, 0.05) is 6.04 Å². The van der Waals surface area contributed by atoms with Crippen LogP contribution in [-0.4, -0.2) is 35.7 Å². The minimum Gasteiger partial charge on any atom is -0.348 e. The van der Waals surface area contributed by atoms with Gasteiger partial charge in [0.05, 0.1) is 35.4 Å². The first-order chi connectivity index (χ1) is 9.15. The van der Waals surface area contributed by atoms with Crippen LogP contribution >= 0.6 is 11.7 Å². The zero-order valence-electron chi connectivity index (χ0n) is 10.8. The van der Waals surface area contributed by atoms with Gasteiger partial charge in [0.2, 0.25) is 0 Å². The molecule has 7 nitrogen and oxygen atoms in total. The average molecular weight is 278 g/mol. The molecule has 1 amide bonds. The molecule has 0 aliphatic heterocycles. The van der Waals surface area contributed by atoms with Gasteiger partial charge in [-0.05, 0) is 26.7 Å². The molecule has 0 radical (unpaired) electrons. The van der Waals surface area contributed by atoms with Gasteiger partial charge in [-0.3, -0.25) is 4.79 Å². The Hall–Kier alpha value is -1.83. The molecule has 1 fully saturated rings. The van der Waals surface area contributed by atoms with Crippen LogP contribution in [-0.2, 0) is 6.54 Å². The summed E-state index contributed by atoms with van der Waals surface area (Å²) in [5.41, 5.74) is 2.91. The topological polar surface area (TPSA) is 85.6 Å². The van der Waals surface area contributed by atoms with Crippen molar-refractivity contribution in [2.24, 2.45) is 0 Å². The van der Waals surface area contributed by atoms with Gasteiger partial charge < -0.3 is 5.32 Å². The lowest BCUT2D eigenvalue weighted by atomic mass is 10.3. The number of nitrogens with zero attached hydrogens (tertiary/aromatic N) is 5. The maximum atomic E-state index is 11.9. The van der Waals surface area contributed by atoms with E-state index in [9.17, 15) is 4.79 Å². The van der Waals surface area contributed by atoms with Crippen LogP contribution in [0.15, 0.2) is 0 Å². The molecule has 0 atom stereocenters. The lowest BCUT2D eigenvalue weighted by Crippen LogP contribution is -2.26. The van der Waals surface area contributed by atoms with Crippen LogP contribution in [0.5, 0.6) is 0 Å². The predicted octanol–water partition coefficient (Wildman–Crippen LogP) is 0.687. The molecule has 0 bridgehead atoms. The normalized spacial score (nSPS) is 14.6. The summed E-state index contributed by atoms with van der Waals surface area (Å²) in [5.74, 6) is -0.139. The minimum absolute atomic E-state index is 0.139. The first-order valence-corrected chi connectivity index (χ1v) is 6.87. The first kappa shape index (κ1) is 12.2. The second-order valence-electron chi connectivity index (χ2n) is 4.73. The molecular weight excluding hydrogens is 264 g/mol. The second-order valence-corrected chi connectivity index (χ2v) is 5.25. The highest BCUT2D eigenvalue weighted by Gasteiger charge is 2.26. The SMILES string of the molecule is Cc1nsnc1Cn1nnc(C(=O)NC2CC2)c1C. The van der Waals surface area contributed by atoms with Crippen molar-refractivity contribution in [3.8, 4) is 0 Å². The number of nitrogens with one attached hydrogen (secondary N) is 1. The maximum Gasteiger partial charge on any atom is 0.273 e. The van der Waals surface area contributed by atoms with Gasteiger partial charge in [-0.25, -0.2) is 4.68 Å². The molecule has 2 aromatic rings. The van der Waals surface area contributed by atoms with Crippen LogP contribution in [0, 0.1) is 13.8 Å². The molecule has 2 heterocycles. The van der Waals surface area contributed by atoms with Crippen molar-refractivity contribution in [3.63, 3.8) is 0 Å². The Balaban J connectivity index is 1.78. The van der Waals surface area contributed by atoms with Gasteiger partial charge >= 0.3 is 0 Å². The zero-order valence-corrected chi connectivity index (χ0v) is 11.6. The van der Waals surface area contributed by atoms with Crippen LogP contribution in [0.2, 0.25) is 0 Å². The molecule has 1 saturated carbocycles. The third-order valence-corrected chi connectivity index (χ3v) is 3.81. The van der Waals surface area contributed by atoms with Crippen molar-refractivity contribution in [1.82, 2.24) is 29.1 Å². The van der Waals surface area contributed by atoms with Crippen molar-refractivity contribution in [2.75, 3.05) is 0 Å². The Morgan fingerprint density at radius 1 is 1.42 bits per heavy atom. The summed E-state index contributed by atoms with van der Waals surface area (Å²) in [4.78, 5) is 11.9. The zero-order chi connectivity index (χ0) is 13.4. The van der Waals surface area contributed by atoms with E-state index < -0.39 is 0 Å². The molecule has 0 spiro atoms. The number of hydrogen-bond acceptors (Lipinski definition) is 6. The number of rotatable bonds is 4. The Bertz CT molecular complexity index is 614. The van der Waals surface area contributed by atoms with Crippen LogP contribution in [0.25, 0.3) is 0 Å². The van der Waals surface area contributed by atoms with Crippen molar-refractivity contribution in [2.45, 2.75) is 39.3 Å². The van der Waals surface area contributed by atoms with E-state index in [-0.39, 0.29) is 5.91 Å². The molecule has 8 heteroatoms. The average Bonchev–Trinajstić information content (AvgIpc) is 2.99. The van der Waals surface area contributed by atoms with Gasteiger partial charge in [0.1, 0.15) is 0 Å². The smallest absolute Gasteiger partial charge is 0.273 e. The van der Waals surface area contributed by atoms with Crippen molar-refractivity contribution in [1.29, 1.82) is 0 Å². The Morgan fingerprint density at radius 3 is 2.84 bits per heavy atom. The molecule has 100 valence electrons. The van der Waals surface area contributed by atoms with Gasteiger partial charge in [0.15, 0.2) is 5.69 Å². The number of carbonyl (C=O) groups is 1. The monoisotopic (exact) mass is 278 g/mol. The molecule has 1 aliphatic rings. The van der Waals surface area contributed by atoms with Crippen LogP contribution in [0.1, 0.15) is 40.4 Å². The predicted molar refractivity (Wildman–Crippen MR) is 69.0 cm³/mol. The van der Waals surface area contributed by atoms with E-state index >= 15 is 0 Å². The van der Waals surface area contributed by atoms with E-state index in [1.165, 1.54) is 11.7 Å². The fourth-order valence-electron chi connectivity index (χ4n) is 1.74. The van der Waals surface area contributed by atoms with E-state index in [2.05, 4.69) is 24.4 Å². The molecule has 1 N–H and O–H groups in total. The number of aromatic nitrogens is 5. The lowest BCUT2D eigenvalue weighted by Gasteiger charge is -2.02. The summed E-state index contributed by atoms with van der Waals surface area (Å²) in [6.45, 7) is 4.25. The summed E-state index contributed by atoms with van der Waals surface area (Å²) in [6.07, 6.45) is 2.12. The summed E-state index contributed by atoms with van der Waals surface area (Å²) < 4.78 is 10.0. The molecule has 0 aromatic carbocycles. The van der Waals surface area contributed by atoms with Crippen LogP contribution in [0.3, 0.4) is 0 Å². The number of amides is 1. The molecule has 2 aromatic heterocycles. The summed E-state index contributed by atoms with van der Waals surface area (Å²) in [7, 11) is 0. The van der Waals surface area contributed by atoms with E-state index in [1.807, 2.05) is 13.8 Å². The van der Waals surface area contributed by atoms with Gasteiger partial charge in [-0.15, -0.1) is 5.10 Å². The highest BCUT2D eigenvalue weighted by atomic mass is 32.1. The quantitative estimate of drug-likeness (QED) is 0.889. The molecule has 1 aliphatic carbocycles. The number of carbonyl (C=O) groups excluding carboxylic acids is 1.